The average Bonchev–Trinajstić information content (AvgIpc) is 2.76. The zero-order valence-electron chi connectivity index (χ0n) is 10.5. The lowest BCUT2D eigenvalue weighted by Gasteiger charge is -2.30. The van der Waals surface area contributed by atoms with Crippen LogP contribution in [0.2, 0.25) is 0 Å². The van der Waals surface area contributed by atoms with Crippen LogP contribution in [0.1, 0.15) is 12.8 Å². The number of methoxy groups -OCH3 is 1. The van der Waals surface area contributed by atoms with Crippen molar-refractivity contribution in [2.45, 2.75) is 12.8 Å². The maximum Gasteiger partial charge on any atom is 0.415 e. The van der Waals surface area contributed by atoms with E-state index >= 15 is 0 Å². The molecule has 94 valence electrons. The van der Waals surface area contributed by atoms with Gasteiger partial charge < -0.3 is 9.64 Å². The number of piperidine rings is 1. The Bertz CT molecular complexity index is 387. The number of nitrogens with zero attached hydrogens (tertiary/aromatic N) is 3. The van der Waals surface area contributed by atoms with Crippen LogP contribution in [-0.2, 0) is 11.8 Å². The molecule has 5 heteroatoms. The van der Waals surface area contributed by atoms with Crippen LogP contribution in [-0.4, -0.2) is 42.3 Å². The molecule has 1 atom stereocenters. The highest BCUT2D eigenvalue weighted by atomic mass is 16.5. The van der Waals surface area contributed by atoms with Crippen molar-refractivity contribution in [2.75, 3.05) is 26.8 Å². The third kappa shape index (κ3) is 2.85. The van der Waals surface area contributed by atoms with Crippen LogP contribution in [0.5, 0.6) is 0 Å². The van der Waals surface area contributed by atoms with E-state index in [0.717, 1.165) is 32.5 Å². The van der Waals surface area contributed by atoms with Crippen molar-refractivity contribution in [3.05, 3.63) is 18.7 Å². The molecule has 17 heavy (non-hydrogen) atoms. The van der Waals surface area contributed by atoms with Gasteiger partial charge in [0, 0.05) is 26.1 Å². The first-order valence-electron chi connectivity index (χ1n) is 6.02. The number of likely N-dealkylation sites (tertiary alicyclic amines) is 1. The molecule has 1 saturated heterocycles. The summed E-state index contributed by atoms with van der Waals surface area (Å²) in [5.41, 5.74) is 0. The second-order valence-corrected chi connectivity index (χ2v) is 4.68. The zero-order valence-corrected chi connectivity index (χ0v) is 10.5. The topological polar surface area (TPSA) is 38.4 Å². The largest absolute Gasteiger partial charge is 0.415 e. The second kappa shape index (κ2) is 5.31. The van der Waals surface area contributed by atoms with Crippen LogP contribution in [0.15, 0.2) is 18.7 Å². The van der Waals surface area contributed by atoms with Gasteiger partial charge in [-0.1, -0.05) is 0 Å². The van der Waals surface area contributed by atoms with Crippen LogP contribution >= 0.6 is 0 Å². The average molecular weight is 238 g/mol. The Hall–Kier alpha value is -1.36. The van der Waals surface area contributed by atoms with Gasteiger partial charge in [-0.15, -0.1) is 0 Å². The molecule has 2 heterocycles. The molecule has 0 aliphatic carbocycles. The highest BCUT2D eigenvalue weighted by molar-refractivity contribution is 5.76. The quantitative estimate of drug-likeness (QED) is 0.709. The highest BCUT2D eigenvalue weighted by Gasteiger charge is 2.27. The van der Waals surface area contributed by atoms with E-state index in [-0.39, 0.29) is 6.03 Å². The number of carbonyl (C=O) groups excluding carboxylic acids is 1. The molecule has 0 aromatic carbocycles. The van der Waals surface area contributed by atoms with Gasteiger partial charge >= 0.3 is 6.03 Å². The maximum absolute atomic E-state index is 12.2. The number of hydrogen-bond acceptors (Lipinski definition) is 2. The Balaban J connectivity index is 1.99. The third-order valence-corrected chi connectivity index (χ3v) is 3.18. The summed E-state index contributed by atoms with van der Waals surface area (Å²) in [5, 5.41) is 0. The van der Waals surface area contributed by atoms with Crippen LogP contribution in [0.4, 0.5) is 4.79 Å². The van der Waals surface area contributed by atoms with E-state index < -0.39 is 0 Å². The number of imidazole rings is 1. The number of hydrogen-bond donors (Lipinski definition) is 0. The van der Waals surface area contributed by atoms with Crippen LogP contribution in [0.25, 0.3) is 0 Å². The Morgan fingerprint density at radius 3 is 3.06 bits per heavy atom. The summed E-state index contributed by atoms with van der Waals surface area (Å²) in [4.78, 5) is 14.1. The molecule has 1 unspecified atom stereocenters. The monoisotopic (exact) mass is 238 g/mol. The number of carbonyl (C=O) groups is 1. The van der Waals surface area contributed by atoms with Gasteiger partial charge in [-0.25, -0.2) is 9.36 Å². The van der Waals surface area contributed by atoms with Crippen molar-refractivity contribution in [3.8, 4) is 0 Å². The van der Waals surface area contributed by atoms with Gasteiger partial charge in [-0.2, -0.15) is 4.57 Å². The number of rotatable bonds is 2. The Morgan fingerprint density at radius 1 is 1.59 bits per heavy atom. The van der Waals surface area contributed by atoms with E-state index in [1.54, 1.807) is 24.2 Å². The van der Waals surface area contributed by atoms with Crippen molar-refractivity contribution in [1.82, 2.24) is 9.47 Å². The molecule has 1 aliphatic heterocycles. The number of aryl methyl sites for hydroxylation is 1. The van der Waals surface area contributed by atoms with Crippen molar-refractivity contribution in [2.24, 2.45) is 13.0 Å². The van der Waals surface area contributed by atoms with Gasteiger partial charge in [0.1, 0.15) is 12.4 Å². The summed E-state index contributed by atoms with van der Waals surface area (Å²) in [7, 11) is 3.63. The minimum Gasteiger partial charge on any atom is -0.384 e. The molecule has 1 aromatic rings. The lowest BCUT2D eigenvalue weighted by molar-refractivity contribution is -0.670. The van der Waals surface area contributed by atoms with E-state index in [1.165, 1.54) is 0 Å². The second-order valence-electron chi connectivity index (χ2n) is 4.68. The SMILES string of the molecule is COCC1CCCN(C(=O)n2cc[n+](C)c2)C1. The van der Waals surface area contributed by atoms with Crippen molar-refractivity contribution in [3.63, 3.8) is 0 Å². The highest BCUT2D eigenvalue weighted by Crippen LogP contribution is 2.17. The Kier molecular flexibility index (Phi) is 3.78. The van der Waals surface area contributed by atoms with Crippen molar-refractivity contribution >= 4 is 6.03 Å². The number of ether oxygens (including phenoxy) is 1. The van der Waals surface area contributed by atoms with Crippen LogP contribution < -0.4 is 4.57 Å². The first kappa shape index (κ1) is 12.1. The fraction of sp³-hybridized carbons (Fsp3) is 0.667. The molecule has 1 aromatic heterocycles. The summed E-state index contributed by atoms with van der Waals surface area (Å²) >= 11 is 0. The lowest BCUT2D eigenvalue weighted by Crippen LogP contribution is -2.43. The van der Waals surface area contributed by atoms with E-state index in [4.69, 9.17) is 4.74 Å². The Morgan fingerprint density at radius 2 is 2.41 bits per heavy atom. The van der Waals surface area contributed by atoms with Crippen molar-refractivity contribution in [1.29, 1.82) is 0 Å². The third-order valence-electron chi connectivity index (χ3n) is 3.18. The summed E-state index contributed by atoms with van der Waals surface area (Å²) in [6, 6.07) is 0.0615. The lowest BCUT2D eigenvalue weighted by atomic mass is 9.99. The van der Waals surface area contributed by atoms with Crippen molar-refractivity contribution < 1.29 is 14.1 Å². The van der Waals surface area contributed by atoms with E-state index in [1.807, 2.05) is 22.7 Å². The predicted octanol–water partition coefficient (Wildman–Crippen LogP) is 0.639. The van der Waals surface area contributed by atoms with Gasteiger partial charge in [0.15, 0.2) is 0 Å². The molecule has 0 saturated carbocycles. The van der Waals surface area contributed by atoms with E-state index in [0.29, 0.717) is 5.92 Å². The van der Waals surface area contributed by atoms with Gasteiger partial charge in [0.25, 0.3) is 6.33 Å². The first-order valence-corrected chi connectivity index (χ1v) is 6.02. The van der Waals surface area contributed by atoms with Crippen LogP contribution in [0, 0.1) is 5.92 Å². The van der Waals surface area contributed by atoms with Gasteiger partial charge in [0.05, 0.1) is 13.7 Å². The minimum absolute atomic E-state index is 0.0615. The molecule has 0 spiro atoms. The summed E-state index contributed by atoms with van der Waals surface area (Å²) in [5.74, 6) is 0.474. The number of amides is 1. The predicted molar refractivity (Wildman–Crippen MR) is 62.6 cm³/mol. The normalized spacial score (nSPS) is 20.6. The summed E-state index contributed by atoms with van der Waals surface area (Å²) in [6.07, 6.45) is 7.67. The van der Waals surface area contributed by atoms with Gasteiger partial charge in [-0.3, -0.25) is 0 Å². The van der Waals surface area contributed by atoms with E-state index in [9.17, 15) is 4.79 Å². The molecule has 5 nitrogen and oxygen atoms in total. The summed E-state index contributed by atoms with van der Waals surface area (Å²) in [6.45, 7) is 2.39. The van der Waals surface area contributed by atoms with Gasteiger partial charge in [0.2, 0.25) is 0 Å². The first-order chi connectivity index (χ1) is 8.20. The molecule has 0 radical (unpaired) electrons. The van der Waals surface area contributed by atoms with Crippen LogP contribution in [0.3, 0.4) is 0 Å². The molecule has 1 fully saturated rings. The number of aromatic nitrogens is 2. The van der Waals surface area contributed by atoms with Gasteiger partial charge in [-0.05, 0) is 12.8 Å². The molecular weight excluding hydrogens is 218 g/mol. The molecule has 0 N–H and O–H groups in total. The fourth-order valence-electron chi connectivity index (χ4n) is 2.34. The molecule has 1 amide bonds. The maximum atomic E-state index is 12.2. The fourth-order valence-corrected chi connectivity index (χ4v) is 2.34. The molecule has 0 bridgehead atoms. The molecule has 2 rings (SSSR count). The zero-order chi connectivity index (χ0) is 12.3. The summed E-state index contributed by atoms with van der Waals surface area (Å²) < 4.78 is 8.67. The van der Waals surface area contributed by atoms with E-state index in [2.05, 4.69) is 0 Å². The Labute approximate surface area is 102 Å². The smallest absolute Gasteiger partial charge is 0.384 e. The molecular formula is C12H20N3O2+. The minimum atomic E-state index is 0.0615. The standard InChI is InChI=1S/C12H20N3O2/c1-13-6-7-15(10-13)12(16)14-5-3-4-11(8-14)9-17-2/h6-7,10-11H,3-5,8-9H2,1-2H3/q+1. The molecule has 1 aliphatic rings.